The molecule has 2 N–H and O–H groups in total. The maximum Gasteiger partial charge on any atom is 0.335 e. The number of carboxylic acid groups (broad SMARTS) is 1. The van der Waals surface area contributed by atoms with Crippen molar-refractivity contribution in [3.63, 3.8) is 0 Å². The molecular formula is C21H22Cl2N2O4. The van der Waals surface area contributed by atoms with Gasteiger partial charge in [0.25, 0.3) is 5.91 Å². The number of carboxylic acids is 1. The first-order valence-corrected chi connectivity index (χ1v) is 10.1. The van der Waals surface area contributed by atoms with Gasteiger partial charge in [0.1, 0.15) is 5.75 Å². The number of benzene rings is 2. The van der Waals surface area contributed by atoms with Crippen LogP contribution in [-0.2, 0) is 11.3 Å². The van der Waals surface area contributed by atoms with Crippen LogP contribution in [0.15, 0.2) is 42.5 Å². The van der Waals surface area contributed by atoms with Crippen LogP contribution in [0.25, 0.3) is 0 Å². The normalized spacial score (nSPS) is 15.1. The Kier molecular flexibility index (Phi) is 7.36. The van der Waals surface area contributed by atoms with Crippen LogP contribution in [0.1, 0.15) is 28.8 Å². The number of halogens is 2. The monoisotopic (exact) mass is 436 g/mol. The summed E-state index contributed by atoms with van der Waals surface area (Å²) < 4.78 is 5.43. The van der Waals surface area contributed by atoms with Gasteiger partial charge in [-0.2, -0.15) is 0 Å². The van der Waals surface area contributed by atoms with Crippen molar-refractivity contribution in [2.75, 3.05) is 19.7 Å². The highest BCUT2D eigenvalue weighted by atomic mass is 35.5. The molecule has 1 amide bonds. The van der Waals surface area contributed by atoms with E-state index in [2.05, 4.69) is 10.2 Å². The topological polar surface area (TPSA) is 78.9 Å². The number of hydrogen-bond acceptors (Lipinski definition) is 4. The molecule has 154 valence electrons. The van der Waals surface area contributed by atoms with Crippen LogP contribution in [0.4, 0.5) is 0 Å². The maximum atomic E-state index is 12.1. The van der Waals surface area contributed by atoms with Crippen molar-refractivity contribution < 1.29 is 19.4 Å². The van der Waals surface area contributed by atoms with Gasteiger partial charge in [-0.05, 0) is 54.8 Å². The molecule has 3 rings (SSSR count). The Morgan fingerprint density at radius 2 is 1.76 bits per heavy atom. The Bertz CT molecular complexity index is 865. The fourth-order valence-electron chi connectivity index (χ4n) is 3.24. The third kappa shape index (κ3) is 6.35. The number of nitrogens with one attached hydrogen (secondary N) is 1. The minimum absolute atomic E-state index is 0.101. The highest BCUT2D eigenvalue weighted by molar-refractivity contribution is 6.42. The van der Waals surface area contributed by atoms with E-state index in [0.29, 0.717) is 15.8 Å². The third-order valence-electron chi connectivity index (χ3n) is 4.81. The molecule has 0 spiro atoms. The molecule has 8 heteroatoms. The zero-order valence-electron chi connectivity index (χ0n) is 15.7. The molecule has 0 unspecified atom stereocenters. The van der Waals surface area contributed by atoms with Crippen LogP contribution in [-0.4, -0.2) is 47.6 Å². The van der Waals surface area contributed by atoms with Gasteiger partial charge in [-0.15, -0.1) is 0 Å². The lowest BCUT2D eigenvalue weighted by atomic mass is 10.0. The molecule has 1 saturated heterocycles. The number of amides is 1. The van der Waals surface area contributed by atoms with Gasteiger partial charge in [-0.3, -0.25) is 9.69 Å². The van der Waals surface area contributed by atoms with Gasteiger partial charge in [0, 0.05) is 25.7 Å². The predicted molar refractivity (Wildman–Crippen MR) is 112 cm³/mol. The van der Waals surface area contributed by atoms with E-state index in [0.717, 1.165) is 38.0 Å². The van der Waals surface area contributed by atoms with Crippen molar-refractivity contribution in [3.05, 3.63) is 63.6 Å². The standard InChI is InChI=1S/C21H22Cl2N2O4/c22-18-6-1-14(11-19(18)23)12-25-9-7-16(8-10-25)24-20(26)13-29-17-4-2-15(3-5-17)21(27)28/h1-6,11,16H,7-10,12-13H2,(H,24,26)(H,27,28). The quantitative estimate of drug-likeness (QED) is 0.688. The molecule has 1 aliphatic heterocycles. The lowest BCUT2D eigenvalue weighted by Crippen LogP contribution is -2.45. The summed E-state index contributed by atoms with van der Waals surface area (Å²) in [6, 6.07) is 11.8. The molecule has 0 radical (unpaired) electrons. The molecule has 6 nitrogen and oxygen atoms in total. The van der Waals surface area contributed by atoms with Crippen molar-refractivity contribution in [1.82, 2.24) is 10.2 Å². The average Bonchev–Trinajstić information content (AvgIpc) is 2.71. The van der Waals surface area contributed by atoms with Gasteiger partial charge in [0.2, 0.25) is 0 Å². The lowest BCUT2D eigenvalue weighted by Gasteiger charge is -2.32. The SMILES string of the molecule is O=C(COc1ccc(C(=O)O)cc1)NC1CCN(Cc2ccc(Cl)c(Cl)c2)CC1. The number of nitrogens with zero attached hydrogens (tertiary/aromatic N) is 1. The van der Waals surface area contributed by atoms with Gasteiger partial charge in [0.05, 0.1) is 15.6 Å². The number of likely N-dealkylation sites (tertiary alicyclic amines) is 1. The highest BCUT2D eigenvalue weighted by Crippen LogP contribution is 2.24. The number of piperidine rings is 1. The number of carbonyl (C=O) groups is 2. The fourth-order valence-corrected chi connectivity index (χ4v) is 3.56. The summed E-state index contributed by atoms with van der Waals surface area (Å²) in [5.41, 5.74) is 1.29. The number of ether oxygens (including phenoxy) is 1. The van der Waals surface area contributed by atoms with Crippen LogP contribution in [0, 0.1) is 0 Å². The van der Waals surface area contributed by atoms with Crippen molar-refractivity contribution in [3.8, 4) is 5.75 Å². The Hall–Kier alpha value is -2.28. The lowest BCUT2D eigenvalue weighted by molar-refractivity contribution is -0.124. The van der Waals surface area contributed by atoms with Crippen molar-refractivity contribution in [1.29, 1.82) is 0 Å². The molecule has 1 heterocycles. The summed E-state index contributed by atoms with van der Waals surface area (Å²) in [7, 11) is 0. The molecule has 29 heavy (non-hydrogen) atoms. The number of carbonyl (C=O) groups excluding carboxylic acids is 1. The second-order valence-electron chi connectivity index (χ2n) is 6.98. The van der Waals surface area contributed by atoms with Crippen molar-refractivity contribution >= 4 is 35.1 Å². The second kappa shape index (κ2) is 9.96. The molecule has 0 aromatic heterocycles. The van der Waals surface area contributed by atoms with Gasteiger partial charge in [-0.25, -0.2) is 4.79 Å². The smallest absolute Gasteiger partial charge is 0.335 e. The first-order chi connectivity index (χ1) is 13.9. The van der Waals surface area contributed by atoms with E-state index in [1.165, 1.54) is 24.3 Å². The van der Waals surface area contributed by atoms with Gasteiger partial charge < -0.3 is 15.2 Å². The molecule has 0 aliphatic carbocycles. The summed E-state index contributed by atoms with van der Waals surface area (Å²) >= 11 is 12.0. The second-order valence-corrected chi connectivity index (χ2v) is 7.80. The molecule has 2 aromatic carbocycles. The molecule has 2 aromatic rings. The average molecular weight is 437 g/mol. The molecule has 0 atom stereocenters. The molecular weight excluding hydrogens is 415 g/mol. The predicted octanol–water partition coefficient (Wildman–Crippen LogP) is 3.85. The van der Waals surface area contributed by atoms with Gasteiger partial charge in [-0.1, -0.05) is 29.3 Å². The largest absolute Gasteiger partial charge is 0.484 e. The van der Waals surface area contributed by atoms with Crippen LogP contribution < -0.4 is 10.1 Å². The summed E-state index contributed by atoms with van der Waals surface area (Å²) in [6.45, 7) is 2.45. The Morgan fingerprint density at radius 1 is 1.07 bits per heavy atom. The van der Waals surface area contributed by atoms with Crippen LogP contribution in [0.3, 0.4) is 0 Å². The van der Waals surface area contributed by atoms with Crippen LogP contribution >= 0.6 is 23.2 Å². The van der Waals surface area contributed by atoms with Gasteiger partial charge >= 0.3 is 5.97 Å². The van der Waals surface area contributed by atoms with E-state index < -0.39 is 5.97 Å². The van der Waals surface area contributed by atoms with Gasteiger partial charge in [0.15, 0.2) is 6.61 Å². The molecule has 1 fully saturated rings. The van der Waals surface area contributed by atoms with E-state index in [9.17, 15) is 9.59 Å². The first-order valence-electron chi connectivity index (χ1n) is 9.32. The van der Waals surface area contributed by atoms with Crippen LogP contribution in [0.2, 0.25) is 10.0 Å². The van der Waals surface area contributed by atoms with E-state index in [4.69, 9.17) is 33.0 Å². The summed E-state index contributed by atoms with van der Waals surface area (Å²) in [5.74, 6) is -0.725. The Morgan fingerprint density at radius 3 is 2.38 bits per heavy atom. The fraction of sp³-hybridized carbons (Fsp3) is 0.333. The number of rotatable bonds is 7. The zero-order valence-corrected chi connectivity index (χ0v) is 17.2. The molecule has 0 bridgehead atoms. The third-order valence-corrected chi connectivity index (χ3v) is 5.55. The van der Waals surface area contributed by atoms with E-state index in [1.54, 1.807) is 6.07 Å². The maximum absolute atomic E-state index is 12.1. The zero-order chi connectivity index (χ0) is 20.8. The summed E-state index contributed by atoms with van der Waals surface area (Å²) in [6.07, 6.45) is 1.72. The molecule has 0 saturated carbocycles. The van der Waals surface area contributed by atoms with E-state index >= 15 is 0 Å². The Labute approximate surface area is 179 Å². The minimum Gasteiger partial charge on any atom is -0.484 e. The van der Waals surface area contributed by atoms with Crippen molar-refractivity contribution in [2.24, 2.45) is 0 Å². The minimum atomic E-state index is -1.00. The number of hydrogen-bond donors (Lipinski definition) is 2. The summed E-state index contributed by atoms with van der Waals surface area (Å²) in [4.78, 5) is 25.3. The van der Waals surface area contributed by atoms with E-state index in [1.807, 2.05) is 12.1 Å². The van der Waals surface area contributed by atoms with Crippen molar-refractivity contribution in [2.45, 2.75) is 25.4 Å². The first kappa shape index (κ1) is 21.4. The Balaban J connectivity index is 1.39. The highest BCUT2D eigenvalue weighted by Gasteiger charge is 2.21. The molecule has 1 aliphatic rings. The van der Waals surface area contributed by atoms with Crippen LogP contribution in [0.5, 0.6) is 5.75 Å². The number of aromatic carboxylic acids is 1. The summed E-state index contributed by atoms with van der Waals surface area (Å²) in [5, 5.41) is 13.0. The van der Waals surface area contributed by atoms with E-state index in [-0.39, 0.29) is 24.1 Å².